The van der Waals surface area contributed by atoms with Crippen molar-refractivity contribution < 1.29 is 4.79 Å². The third kappa shape index (κ3) is 5.51. The number of carbonyl (C=O) groups excluding carboxylic acids is 1. The van der Waals surface area contributed by atoms with Crippen molar-refractivity contribution in [2.24, 2.45) is 0 Å². The zero-order chi connectivity index (χ0) is 21.5. The van der Waals surface area contributed by atoms with Crippen LogP contribution in [0.15, 0.2) is 77.7 Å². The average Bonchev–Trinajstić information content (AvgIpc) is 2.78. The van der Waals surface area contributed by atoms with Gasteiger partial charge in [-0.3, -0.25) is 10.2 Å². The Morgan fingerprint density at radius 1 is 0.967 bits per heavy atom. The number of rotatable bonds is 8. The van der Waals surface area contributed by atoms with E-state index in [9.17, 15) is 4.79 Å². The highest BCUT2D eigenvalue weighted by atomic mass is 32.2. The van der Waals surface area contributed by atoms with Crippen molar-refractivity contribution in [3.05, 3.63) is 89.5 Å². The summed E-state index contributed by atoms with van der Waals surface area (Å²) in [6.07, 6.45) is 2.01. The van der Waals surface area contributed by atoms with Gasteiger partial charge in [-0.05, 0) is 53.6 Å². The van der Waals surface area contributed by atoms with Crippen molar-refractivity contribution >= 4 is 34.8 Å². The van der Waals surface area contributed by atoms with Gasteiger partial charge < -0.3 is 10.6 Å². The second kappa shape index (κ2) is 10.1. The molecule has 0 radical (unpaired) electrons. The molecular weight excluding hydrogens is 390 g/mol. The van der Waals surface area contributed by atoms with Gasteiger partial charge in [0.2, 0.25) is 0 Å². The van der Waals surface area contributed by atoms with Crippen molar-refractivity contribution in [2.75, 3.05) is 16.9 Å². The number of benzene rings is 3. The molecule has 0 unspecified atom stereocenters. The van der Waals surface area contributed by atoms with E-state index in [-0.39, 0.29) is 5.71 Å². The first-order valence-electron chi connectivity index (χ1n) is 9.94. The first-order chi connectivity index (χ1) is 14.5. The molecule has 0 heterocycles. The SMILES string of the molecule is CSc1ccc(NC(=O)C(=N)c2ccccc2NCc2ccc(C(C)C)cc2)cc1. The molecule has 0 saturated carbocycles. The van der Waals surface area contributed by atoms with Gasteiger partial charge >= 0.3 is 0 Å². The third-order valence-corrected chi connectivity index (χ3v) is 5.64. The summed E-state index contributed by atoms with van der Waals surface area (Å²) in [5, 5.41) is 14.6. The molecule has 0 aromatic heterocycles. The average molecular weight is 418 g/mol. The van der Waals surface area contributed by atoms with Gasteiger partial charge in [0.25, 0.3) is 5.91 Å². The molecule has 1 amide bonds. The van der Waals surface area contributed by atoms with Crippen LogP contribution in [0.3, 0.4) is 0 Å². The Labute approximate surface area is 182 Å². The van der Waals surface area contributed by atoms with Crippen LogP contribution in [-0.4, -0.2) is 17.9 Å². The van der Waals surface area contributed by atoms with Crippen LogP contribution in [0.4, 0.5) is 11.4 Å². The summed E-state index contributed by atoms with van der Waals surface area (Å²) >= 11 is 1.64. The van der Waals surface area contributed by atoms with Gasteiger partial charge in [-0.25, -0.2) is 0 Å². The minimum Gasteiger partial charge on any atom is -0.380 e. The smallest absolute Gasteiger partial charge is 0.274 e. The molecule has 154 valence electrons. The van der Waals surface area contributed by atoms with Crippen LogP contribution in [0.25, 0.3) is 0 Å². The lowest BCUT2D eigenvalue weighted by atomic mass is 10.0. The molecule has 0 aliphatic carbocycles. The Morgan fingerprint density at radius 2 is 1.63 bits per heavy atom. The molecule has 3 aromatic rings. The molecule has 0 saturated heterocycles. The minimum absolute atomic E-state index is 0.0674. The van der Waals surface area contributed by atoms with Crippen molar-refractivity contribution in [1.29, 1.82) is 5.41 Å². The van der Waals surface area contributed by atoms with Crippen LogP contribution in [0, 0.1) is 5.41 Å². The molecule has 0 aliphatic rings. The van der Waals surface area contributed by atoms with Gasteiger partial charge in [0.15, 0.2) is 0 Å². The maximum atomic E-state index is 12.6. The van der Waals surface area contributed by atoms with Gasteiger partial charge in [0, 0.05) is 28.4 Å². The van der Waals surface area contributed by atoms with Gasteiger partial charge in [-0.1, -0.05) is 56.3 Å². The quantitative estimate of drug-likeness (QED) is 0.304. The van der Waals surface area contributed by atoms with E-state index in [2.05, 4.69) is 48.7 Å². The van der Waals surface area contributed by atoms with E-state index in [0.717, 1.165) is 16.1 Å². The predicted octanol–water partition coefficient (Wildman–Crippen LogP) is 6.15. The van der Waals surface area contributed by atoms with Crippen molar-refractivity contribution in [2.45, 2.75) is 31.2 Å². The monoisotopic (exact) mass is 417 g/mol. The second-order valence-electron chi connectivity index (χ2n) is 7.35. The summed E-state index contributed by atoms with van der Waals surface area (Å²) in [7, 11) is 0. The molecule has 3 N–H and O–H groups in total. The van der Waals surface area contributed by atoms with E-state index in [1.54, 1.807) is 17.8 Å². The molecule has 4 nitrogen and oxygen atoms in total. The van der Waals surface area contributed by atoms with Crippen LogP contribution < -0.4 is 10.6 Å². The van der Waals surface area contributed by atoms with Crippen molar-refractivity contribution in [3.8, 4) is 0 Å². The zero-order valence-electron chi connectivity index (χ0n) is 17.5. The van der Waals surface area contributed by atoms with Crippen LogP contribution in [0.5, 0.6) is 0 Å². The van der Waals surface area contributed by atoms with Crippen molar-refractivity contribution in [3.63, 3.8) is 0 Å². The lowest BCUT2D eigenvalue weighted by Crippen LogP contribution is -2.24. The third-order valence-electron chi connectivity index (χ3n) is 4.90. The Morgan fingerprint density at radius 3 is 2.27 bits per heavy atom. The molecule has 0 fully saturated rings. The number of nitrogens with one attached hydrogen (secondary N) is 3. The number of hydrogen-bond acceptors (Lipinski definition) is 4. The highest BCUT2D eigenvalue weighted by Crippen LogP contribution is 2.21. The Hall–Kier alpha value is -3.05. The van der Waals surface area contributed by atoms with E-state index >= 15 is 0 Å². The van der Waals surface area contributed by atoms with Crippen LogP contribution >= 0.6 is 11.8 Å². The fourth-order valence-electron chi connectivity index (χ4n) is 3.06. The summed E-state index contributed by atoms with van der Waals surface area (Å²) in [6.45, 7) is 4.98. The molecule has 30 heavy (non-hydrogen) atoms. The lowest BCUT2D eigenvalue weighted by molar-refractivity contribution is -0.110. The Balaban J connectivity index is 1.68. The van der Waals surface area contributed by atoms with Gasteiger partial charge in [0.1, 0.15) is 5.71 Å². The fourth-order valence-corrected chi connectivity index (χ4v) is 3.47. The van der Waals surface area contributed by atoms with Crippen LogP contribution in [0.2, 0.25) is 0 Å². The molecule has 0 bridgehead atoms. The number of carbonyl (C=O) groups is 1. The molecule has 0 atom stereocenters. The summed E-state index contributed by atoms with van der Waals surface area (Å²) < 4.78 is 0. The van der Waals surface area contributed by atoms with E-state index in [1.165, 1.54) is 5.56 Å². The number of anilines is 2. The van der Waals surface area contributed by atoms with E-state index in [0.29, 0.717) is 23.7 Å². The summed E-state index contributed by atoms with van der Waals surface area (Å²) in [5.74, 6) is 0.0751. The molecule has 3 rings (SSSR count). The largest absolute Gasteiger partial charge is 0.380 e. The number of para-hydroxylation sites is 1. The minimum atomic E-state index is -0.428. The van der Waals surface area contributed by atoms with Gasteiger partial charge in [-0.15, -0.1) is 11.8 Å². The number of amides is 1. The fraction of sp³-hybridized carbons (Fsp3) is 0.200. The standard InChI is InChI=1S/C25H27N3OS/c1-17(2)19-10-8-18(9-11-19)16-27-23-7-5-4-6-22(23)24(26)25(29)28-20-12-14-21(30-3)15-13-20/h4-15,17,26-27H,16H2,1-3H3,(H,28,29). The maximum Gasteiger partial charge on any atom is 0.274 e. The first kappa shape index (κ1) is 21.7. The van der Waals surface area contributed by atoms with Crippen molar-refractivity contribution in [1.82, 2.24) is 0 Å². The van der Waals surface area contributed by atoms with Gasteiger partial charge in [-0.2, -0.15) is 0 Å². The number of thioether (sulfide) groups is 1. The molecule has 0 spiro atoms. The van der Waals surface area contributed by atoms with E-state index < -0.39 is 5.91 Å². The van der Waals surface area contributed by atoms with Gasteiger partial charge in [0.05, 0.1) is 0 Å². The molecule has 5 heteroatoms. The Kier molecular flexibility index (Phi) is 7.31. The summed E-state index contributed by atoms with van der Waals surface area (Å²) in [4.78, 5) is 13.8. The van der Waals surface area contributed by atoms with Crippen LogP contribution in [0.1, 0.15) is 36.5 Å². The van der Waals surface area contributed by atoms with E-state index in [4.69, 9.17) is 5.41 Å². The normalized spacial score (nSPS) is 10.7. The molecule has 0 aliphatic heterocycles. The molecular formula is C25H27N3OS. The number of hydrogen-bond donors (Lipinski definition) is 3. The predicted molar refractivity (Wildman–Crippen MR) is 128 cm³/mol. The lowest BCUT2D eigenvalue weighted by Gasteiger charge is -2.14. The summed E-state index contributed by atoms with van der Waals surface area (Å²) in [6, 6.07) is 23.5. The second-order valence-corrected chi connectivity index (χ2v) is 8.23. The highest BCUT2D eigenvalue weighted by molar-refractivity contribution is 7.98. The zero-order valence-corrected chi connectivity index (χ0v) is 18.3. The Bertz CT molecular complexity index is 1010. The highest BCUT2D eigenvalue weighted by Gasteiger charge is 2.15. The van der Waals surface area contributed by atoms with E-state index in [1.807, 2.05) is 48.7 Å². The maximum absolute atomic E-state index is 12.6. The molecule has 3 aromatic carbocycles. The summed E-state index contributed by atoms with van der Waals surface area (Å²) in [5.41, 5.74) is 4.42. The first-order valence-corrected chi connectivity index (χ1v) is 11.2. The topological polar surface area (TPSA) is 65.0 Å². The van der Waals surface area contributed by atoms with Crippen LogP contribution in [-0.2, 0) is 11.3 Å².